The van der Waals surface area contributed by atoms with E-state index in [1.807, 2.05) is 6.92 Å². The van der Waals surface area contributed by atoms with E-state index in [9.17, 15) is 23.2 Å². The first-order valence-electron chi connectivity index (χ1n) is 15.6. The standard InChI is InChI=1S/C35H37N3O10S/c1-5-7-13-33-36-21-25(17-24(35(40)46-6-2)16-23-18-31-32(48-22-47-31)20-30(23)45-4)37(33)29-15-14-26(44-3)19-28(29)34(39)38(41)49(42,43)27-11-9-8-10-12-27/h8-12,14-15,17-21,41H,5-7,13,16,22H2,1-4H3/b24-17+. The van der Waals surface area contributed by atoms with E-state index in [1.165, 1.54) is 44.6 Å². The zero-order valence-corrected chi connectivity index (χ0v) is 28.4. The molecule has 1 aliphatic heterocycles. The molecule has 0 radical (unpaired) electrons. The molecule has 258 valence electrons. The number of carbonyl (C=O) groups is 2. The Morgan fingerprint density at radius 2 is 1.76 bits per heavy atom. The number of aromatic nitrogens is 2. The van der Waals surface area contributed by atoms with Crippen LogP contribution in [0, 0.1) is 0 Å². The van der Waals surface area contributed by atoms with E-state index in [-0.39, 0.29) is 51.8 Å². The number of hydrogen-bond donors (Lipinski definition) is 1. The van der Waals surface area contributed by atoms with Crippen LogP contribution in [0.1, 0.15) is 54.1 Å². The molecule has 0 unspecified atom stereocenters. The summed E-state index contributed by atoms with van der Waals surface area (Å²) in [7, 11) is -1.73. The summed E-state index contributed by atoms with van der Waals surface area (Å²) >= 11 is 0. The van der Waals surface area contributed by atoms with E-state index in [2.05, 4.69) is 4.98 Å². The Hall–Kier alpha value is -5.34. The van der Waals surface area contributed by atoms with E-state index in [0.717, 1.165) is 12.8 Å². The van der Waals surface area contributed by atoms with Crippen LogP contribution in [0.15, 0.2) is 77.3 Å². The number of fused-ring (bicyclic) bond motifs is 1. The monoisotopic (exact) mass is 691 g/mol. The van der Waals surface area contributed by atoms with Crippen molar-refractivity contribution in [1.82, 2.24) is 14.0 Å². The van der Waals surface area contributed by atoms with Crippen molar-refractivity contribution in [1.29, 1.82) is 0 Å². The van der Waals surface area contributed by atoms with Gasteiger partial charge in [0.15, 0.2) is 11.5 Å². The number of aryl methyl sites for hydroxylation is 1. The summed E-state index contributed by atoms with van der Waals surface area (Å²) < 4.78 is 55.3. The summed E-state index contributed by atoms with van der Waals surface area (Å²) in [6.45, 7) is 3.90. The van der Waals surface area contributed by atoms with Gasteiger partial charge in [-0.3, -0.25) is 14.6 Å². The van der Waals surface area contributed by atoms with Crippen molar-refractivity contribution in [2.75, 3.05) is 27.6 Å². The third kappa shape index (κ3) is 7.39. The highest BCUT2D eigenvalue weighted by atomic mass is 32.2. The quantitative estimate of drug-likeness (QED) is 0.0785. The van der Waals surface area contributed by atoms with Crippen LogP contribution < -0.4 is 18.9 Å². The molecule has 0 spiro atoms. The first kappa shape index (κ1) is 35.0. The number of imidazole rings is 1. The van der Waals surface area contributed by atoms with Crippen LogP contribution in [-0.4, -0.2) is 67.1 Å². The van der Waals surface area contributed by atoms with Gasteiger partial charge in [-0.1, -0.05) is 31.5 Å². The second-order valence-corrected chi connectivity index (χ2v) is 12.6. The Morgan fingerprint density at radius 3 is 2.43 bits per heavy atom. The van der Waals surface area contributed by atoms with Gasteiger partial charge in [-0.25, -0.2) is 9.78 Å². The zero-order valence-electron chi connectivity index (χ0n) is 27.5. The second kappa shape index (κ2) is 15.3. The molecule has 0 saturated carbocycles. The molecule has 4 aromatic rings. The van der Waals surface area contributed by atoms with Crippen LogP contribution in [0.4, 0.5) is 0 Å². The van der Waals surface area contributed by atoms with Crippen LogP contribution in [-0.2, 0) is 32.4 Å². The highest BCUT2D eigenvalue weighted by Crippen LogP contribution is 2.39. The summed E-state index contributed by atoms with van der Waals surface area (Å²) in [6, 6.07) is 15.0. The molecular formula is C35H37N3O10S. The van der Waals surface area contributed by atoms with Crippen molar-refractivity contribution in [2.24, 2.45) is 0 Å². The highest BCUT2D eigenvalue weighted by molar-refractivity contribution is 7.89. The van der Waals surface area contributed by atoms with Crippen LogP contribution in [0.5, 0.6) is 23.0 Å². The van der Waals surface area contributed by atoms with Crippen molar-refractivity contribution < 1.29 is 46.9 Å². The number of methoxy groups -OCH3 is 2. The van der Waals surface area contributed by atoms with Gasteiger partial charge in [0.2, 0.25) is 6.79 Å². The third-order valence-corrected chi connectivity index (χ3v) is 9.24. The van der Waals surface area contributed by atoms with E-state index in [4.69, 9.17) is 23.7 Å². The lowest BCUT2D eigenvalue weighted by Gasteiger charge is -2.20. The molecular weight excluding hydrogens is 654 g/mol. The maximum atomic E-state index is 13.9. The number of amides is 1. The normalized spacial score (nSPS) is 12.5. The Bertz CT molecular complexity index is 1970. The molecule has 0 bridgehead atoms. The largest absolute Gasteiger partial charge is 0.497 e. The number of carbonyl (C=O) groups excluding carboxylic acids is 2. The summed E-state index contributed by atoms with van der Waals surface area (Å²) in [6.07, 6.45) is 5.29. The highest BCUT2D eigenvalue weighted by Gasteiger charge is 2.32. The minimum absolute atomic E-state index is 0.0586. The fourth-order valence-electron chi connectivity index (χ4n) is 5.29. The topological polar surface area (TPSA) is 156 Å². The summed E-state index contributed by atoms with van der Waals surface area (Å²) in [5, 5.41) is 10.9. The predicted octanol–water partition coefficient (Wildman–Crippen LogP) is 5.37. The van der Waals surface area contributed by atoms with Crippen LogP contribution in [0.25, 0.3) is 11.8 Å². The average Bonchev–Trinajstić information content (AvgIpc) is 3.75. The number of nitrogens with zero attached hydrogens (tertiary/aromatic N) is 3. The van der Waals surface area contributed by atoms with E-state index >= 15 is 0 Å². The smallest absolute Gasteiger partial charge is 0.334 e. The average molecular weight is 692 g/mol. The van der Waals surface area contributed by atoms with Gasteiger partial charge >= 0.3 is 5.97 Å². The predicted molar refractivity (Wildman–Crippen MR) is 178 cm³/mol. The Balaban J connectivity index is 1.66. The Morgan fingerprint density at radius 1 is 1.02 bits per heavy atom. The molecule has 13 nitrogen and oxygen atoms in total. The number of benzene rings is 3. The van der Waals surface area contributed by atoms with E-state index in [1.54, 1.807) is 54.1 Å². The molecule has 2 heterocycles. The number of rotatable bonds is 14. The van der Waals surface area contributed by atoms with Gasteiger partial charge in [0.25, 0.3) is 15.9 Å². The number of sulfonamides is 1. The first-order valence-corrected chi connectivity index (χ1v) is 17.0. The van der Waals surface area contributed by atoms with Gasteiger partial charge in [0.1, 0.15) is 17.3 Å². The fourth-order valence-corrected chi connectivity index (χ4v) is 6.31. The Kier molecular flexibility index (Phi) is 10.9. The van der Waals surface area contributed by atoms with Gasteiger partial charge in [0.05, 0.1) is 48.9 Å². The molecule has 1 N–H and O–H groups in total. The molecule has 1 aromatic heterocycles. The maximum absolute atomic E-state index is 13.9. The molecule has 49 heavy (non-hydrogen) atoms. The van der Waals surface area contributed by atoms with Crippen LogP contribution >= 0.6 is 0 Å². The van der Waals surface area contributed by atoms with Crippen molar-refractivity contribution >= 4 is 28.0 Å². The lowest BCUT2D eigenvalue weighted by molar-refractivity contribution is -0.138. The number of esters is 1. The SMILES string of the molecule is CCCCc1ncc(/C=C(\Cc2cc3c(cc2OC)OCO3)C(=O)OCC)n1-c1ccc(OC)cc1C(=O)N(O)S(=O)(=O)c1ccccc1. The number of hydrogen-bond acceptors (Lipinski definition) is 11. The molecule has 0 atom stereocenters. The van der Waals surface area contributed by atoms with Gasteiger partial charge < -0.3 is 23.7 Å². The lowest BCUT2D eigenvalue weighted by atomic mass is 10.0. The molecule has 0 fully saturated rings. The fraction of sp³-hybridized carbons (Fsp3) is 0.286. The Labute approximate surface area is 284 Å². The van der Waals surface area contributed by atoms with Gasteiger partial charge in [-0.05, 0) is 55.8 Å². The number of ether oxygens (including phenoxy) is 5. The minimum atomic E-state index is -4.64. The van der Waals surface area contributed by atoms with Crippen molar-refractivity contribution in [2.45, 2.75) is 44.4 Å². The summed E-state index contributed by atoms with van der Waals surface area (Å²) in [4.78, 5) is 31.7. The summed E-state index contributed by atoms with van der Waals surface area (Å²) in [5.74, 6) is 0.460. The lowest BCUT2D eigenvalue weighted by Crippen LogP contribution is -2.34. The van der Waals surface area contributed by atoms with E-state index in [0.29, 0.717) is 40.8 Å². The van der Waals surface area contributed by atoms with Crippen molar-refractivity contribution in [3.63, 3.8) is 0 Å². The molecule has 1 aliphatic rings. The van der Waals surface area contributed by atoms with E-state index < -0.39 is 21.9 Å². The van der Waals surface area contributed by atoms with Gasteiger partial charge in [-0.2, -0.15) is 8.42 Å². The molecule has 0 aliphatic carbocycles. The van der Waals surface area contributed by atoms with Crippen molar-refractivity contribution in [3.8, 4) is 28.7 Å². The summed E-state index contributed by atoms with van der Waals surface area (Å²) in [5.41, 5.74) is 1.27. The molecule has 3 aromatic carbocycles. The second-order valence-electron chi connectivity index (χ2n) is 10.9. The first-order chi connectivity index (χ1) is 23.6. The maximum Gasteiger partial charge on any atom is 0.334 e. The van der Waals surface area contributed by atoms with Crippen molar-refractivity contribution in [3.05, 3.63) is 95.1 Å². The molecule has 5 rings (SSSR count). The molecule has 1 amide bonds. The zero-order chi connectivity index (χ0) is 35.1. The molecule has 0 saturated heterocycles. The number of unbranched alkanes of at least 4 members (excludes halogenated alkanes) is 1. The number of hydroxylamine groups is 1. The van der Waals surface area contributed by atoms with Crippen LogP contribution in [0.3, 0.4) is 0 Å². The van der Waals surface area contributed by atoms with Crippen LogP contribution in [0.2, 0.25) is 0 Å². The van der Waals surface area contributed by atoms with Gasteiger partial charge in [-0.15, -0.1) is 4.47 Å². The van der Waals surface area contributed by atoms with Gasteiger partial charge in [0, 0.05) is 30.0 Å². The minimum Gasteiger partial charge on any atom is -0.497 e. The third-order valence-electron chi connectivity index (χ3n) is 7.75. The molecule has 14 heteroatoms.